The van der Waals surface area contributed by atoms with Crippen molar-refractivity contribution in [2.75, 3.05) is 18.5 Å². The molecule has 0 saturated carbocycles. The normalized spacial score (nSPS) is 12.0. The Labute approximate surface area is 108 Å². The molecular weight excluding hydrogens is 226 g/mol. The second kappa shape index (κ2) is 6.18. The molecule has 4 heteroatoms. The molecule has 1 aromatic rings. The summed E-state index contributed by atoms with van der Waals surface area (Å²) in [5, 5.41) is 9.04. The standard InChI is InChI=1S/C14H19N3O/c1-10(2)12(9-16)14(18)17(3)13-7-5-4-6-11(13)8-15/h4-7,10,12H,9,16H2,1-3H3. The second-order valence-electron chi connectivity index (χ2n) is 4.61. The van der Waals surface area contributed by atoms with Gasteiger partial charge in [-0.05, 0) is 18.1 Å². The molecule has 0 fully saturated rings. The summed E-state index contributed by atoms with van der Waals surface area (Å²) in [4.78, 5) is 13.8. The molecule has 0 aliphatic carbocycles. The Bertz CT molecular complexity index is 462. The molecule has 2 N–H and O–H groups in total. The molecule has 1 amide bonds. The van der Waals surface area contributed by atoms with Gasteiger partial charge in [-0.25, -0.2) is 0 Å². The number of rotatable bonds is 4. The molecule has 0 radical (unpaired) electrons. The molecule has 96 valence electrons. The number of hydrogen-bond donors (Lipinski definition) is 1. The van der Waals surface area contributed by atoms with Crippen molar-refractivity contribution in [3.8, 4) is 6.07 Å². The smallest absolute Gasteiger partial charge is 0.231 e. The van der Waals surface area contributed by atoms with Crippen LogP contribution in [-0.4, -0.2) is 19.5 Å². The van der Waals surface area contributed by atoms with E-state index >= 15 is 0 Å². The summed E-state index contributed by atoms with van der Waals surface area (Å²) >= 11 is 0. The zero-order valence-corrected chi connectivity index (χ0v) is 11.1. The van der Waals surface area contributed by atoms with Crippen molar-refractivity contribution in [1.29, 1.82) is 5.26 Å². The largest absolute Gasteiger partial charge is 0.330 e. The van der Waals surface area contributed by atoms with E-state index in [-0.39, 0.29) is 17.7 Å². The molecule has 1 atom stereocenters. The first-order valence-corrected chi connectivity index (χ1v) is 5.99. The van der Waals surface area contributed by atoms with Crippen LogP contribution in [0.15, 0.2) is 24.3 Å². The Hall–Kier alpha value is -1.86. The molecule has 0 saturated heterocycles. The van der Waals surface area contributed by atoms with Gasteiger partial charge >= 0.3 is 0 Å². The summed E-state index contributed by atoms with van der Waals surface area (Å²) in [7, 11) is 1.68. The van der Waals surface area contributed by atoms with Crippen LogP contribution < -0.4 is 10.6 Å². The van der Waals surface area contributed by atoms with Gasteiger partial charge in [-0.2, -0.15) is 5.26 Å². The number of carbonyl (C=O) groups excluding carboxylic acids is 1. The van der Waals surface area contributed by atoms with Crippen molar-refractivity contribution in [3.63, 3.8) is 0 Å². The maximum atomic E-state index is 12.3. The lowest BCUT2D eigenvalue weighted by molar-refractivity contribution is -0.123. The number of carbonyl (C=O) groups is 1. The summed E-state index contributed by atoms with van der Waals surface area (Å²) in [6.07, 6.45) is 0. The van der Waals surface area contributed by atoms with E-state index in [1.165, 1.54) is 4.90 Å². The molecule has 1 aromatic carbocycles. The van der Waals surface area contributed by atoms with Gasteiger partial charge in [0.1, 0.15) is 6.07 Å². The lowest BCUT2D eigenvalue weighted by atomic mass is 9.94. The number of nitriles is 1. The highest BCUT2D eigenvalue weighted by atomic mass is 16.2. The maximum Gasteiger partial charge on any atom is 0.231 e. The molecule has 0 heterocycles. The predicted octanol–water partition coefficient (Wildman–Crippen LogP) is 1.75. The SMILES string of the molecule is CC(C)C(CN)C(=O)N(C)c1ccccc1C#N. The van der Waals surface area contributed by atoms with Gasteiger partial charge < -0.3 is 10.6 Å². The average molecular weight is 245 g/mol. The summed E-state index contributed by atoms with van der Waals surface area (Å²) in [5.41, 5.74) is 6.77. The van der Waals surface area contributed by atoms with E-state index in [2.05, 4.69) is 6.07 Å². The first-order valence-electron chi connectivity index (χ1n) is 5.99. The second-order valence-corrected chi connectivity index (χ2v) is 4.61. The number of anilines is 1. The number of nitrogens with two attached hydrogens (primary N) is 1. The minimum Gasteiger partial charge on any atom is -0.330 e. The molecule has 0 aromatic heterocycles. The van der Waals surface area contributed by atoms with Crippen LogP contribution in [0.2, 0.25) is 0 Å². The van der Waals surface area contributed by atoms with E-state index in [1.807, 2.05) is 19.9 Å². The number of nitrogens with zero attached hydrogens (tertiary/aromatic N) is 2. The molecule has 18 heavy (non-hydrogen) atoms. The maximum absolute atomic E-state index is 12.3. The van der Waals surface area contributed by atoms with E-state index < -0.39 is 0 Å². The van der Waals surface area contributed by atoms with Gasteiger partial charge in [-0.1, -0.05) is 26.0 Å². The predicted molar refractivity (Wildman–Crippen MR) is 71.9 cm³/mol. The summed E-state index contributed by atoms with van der Waals surface area (Å²) in [6, 6.07) is 9.15. The van der Waals surface area contributed by atoms with Gasteiger partial charge in [0.25, 0.3) is 0 Å². The Kier molecular flexibility index (Phi) is 4.87. The van der Waals surface area contributed by atoms with Crippen LogP contribution in [0.25, 0.3) is 0 Å². The summed E-state index contributed by atoms with van der Waals surface area (Å²) < 4.78 is 0. The Morgan fingerprint density at radius 1 is 1.44 bits per heavy atom. The summed E-state index contributed by atoms with van der Waals surface area (Å²) in [6.45, 7) is 4.26. The third kappa shape index (κ3) is 2.88. The zero-order valence-electron chi connectivity index (χ0n) is 11.1. The molecule has 1 rings (SSSR count). The van der Waals surface area contributed by atoms with E-state index in [0.717, 1.165) is 0 Å². The Morgan fingerprint density at radius 2 is 2.06 bits per heavy atom. The van der Waals surface area contributed by atoms with E-state index in [9.17, 15) is 4.79 Å². The average Bonchev–Trinajstić information content (AvgIpc) is 2.38. The fourth-order valence-corrected chi connectivity index (χ4v) is 1.89. The molecule has 1 unspecified atom stereocenters. The van der Waals surface area contributed by atoms with Gasteiger partial charge in [0.15, 0.2) is 0 Å². The van der Waals surface area contributed by atoms with Crippen LogP contribution >= 0.6 is 0 Å². The highest BCUT2D eigenvalue weighted by Gasteiger charge is 2.25. The Balaban J connectivity index is 3.03. The number of hydrogen-bond acceptors (Lipinski definition) is 3. The number of benzene rings is 1. The van der Waals surface area contributed by atoms with E-state index in [0.29, 0.717) is 17.8 Å². The van der Waals surface area contributed by atoms with Crippen molar-refractivity contribution in [2.45, 2.75) is 13.8 Å². The monoisotopic (exact) mass is 245 g/mol. The number of para-hydroxylation sites is 1. The number of amides is 1. The van der Waals surface area contributed by atoms with Crippen molar-refractivity contribution in [1.82, 2.24) is 0 Å². The quantitative estimate of drug-likeness (QED) is 0.878. The molecule has 0 aliphatic rings. The molecule has 0 aliphatic heterocycles. The van der Waals surface area contributed by atoms with Crippen LogP contribution in [0.5, 0.6) is 0 Å². The van der Waals surface area contributed by atoms with Gasteiger partial charge in [-0.15, -0.1) is 0 Å². The van der Waals surface area contributed by atoms with Crippen molar-refractivity contribution < 1.29 is 4.79 Å². The molecular formula is C14H19N3O. The van der Waals surface area contributed by atoms with Crippen molar-refractivity contribution in [2.24, 2.45) is 17.6 Å². The van der Waals surface area contributed by atoms with E-state index in [4.69, 9.17) is 11.0 Å². The highest BCUT2D eigenvalue weighted by Crippen LogP contribution is 2.22. The van der Waals surface area contributed by atoms with E-state index in [1.54, 1.807) is 25.2 Å². The third-order valence-electron chi connectivity index (χ3n) is 3.09. The first-order chi connectivity index (χ1) is 8.52. The fourth-order valence-electron chi connectivity index (χ4n) is 1.89. The first kappa shape index (κ1) is 14.2. The highest BCUT2D eigenvalue weighted by molar-refractivity contribution is 5.96. The van der Waals surface area contributed by atoms with Crippen LogP contribution in [0, 0.1) is 23.2 Å². The van der Waals surface area contributed by atoms with Crippen LogP contribution in [0.3, 0.4) is 0 Å². The lowest BCUT2D eigenvalue weighted by Crippen LogP contribution is -2.39. The fraction of sp³-hybridized carbons (Fsp3) is 0.429. The molecule has 4 nitrogen and oxygen atoms in total. The van der Waals surface area contributed by atoms with Gasteiger partial charge in [0.05, 0.1) is 17.2 Å². The minimum atomic E-state index is -0.221. The van der Waals surface area contributed by atoms with Crippen molar-refractivity contribution in [3.05, 3.63) is 29.8 Å². The topological polar surface area (TPSA) is 70.1 Å². The van der Waals surface area contributed by atoms with Crippen LogP contribution in [0.4, 0.5) is 5.69 Å². The van der Waals surface area contributed by atoms with Crippen LogP contribution in [-0.2, 0) is 4.79 Å². The van der Waals surface area contributed by atoms with Gasteiger partial charge in [-0.3, -0.25) is 4.79 Å². The van der Waals surface area contributed by atoms with Gasteiger partial charge in [0, 0.05) is 13.6 Å². The molecule has 0 spiro atoms. The third-order valence-corrected chi connectivity index (χ3v) is 3.09. The molecule has 0 bridgehead atoms. The van der Waals surface area contributed by atoms with Crippen LogP contribution in [0.1, 0.15) is 19.4 Å². The Morgan fingerprint density at radius 3 is 2.56 bits per heavy atom. The van der Waals surface area contributed by atoms with Gasteiger partial charge in [0.2, 0.25) is 5.91 Å². The zero-order chi connectivity index (χ0) is 13.7. The van der Waals surface area contributed by atoms with Crippen molar-refractivity contribution >= 4 is 11.6 Å². The minimum absolute atomic E-state index is 0.0461. The summed E-state index contributed by atoms with van der Waals surface area (Å²) in [5.74, 6) is -0.0869. The lowest BCUT2D eigenvalue weighted by Gasteiger charge is -2.25.